The van der Waals surface area contributed by atoms with Crippen LogP contribution in [0.5, 0.6) is 0 Å². The highest BCUT2D eigenvalue weighted by Crippen LogP contribution is 2.32. The lowest BCUT2D eigenvalue weighted by Gasteiger charge is -2.37. The molecule has 0 saturated carbocycles. The molecule has 10 heteroatoms. The predicted octanol–water partition coefficient (Wildman–Crippen LogP) is 4.72. The fourth-order valence-corrected chi connectivity index (χ4v) is 6.54. The molecule has 6 rings (SSSR count). The van der Waals surface area contributed by atoms with Crippen LogP contribution < -0.4 is 4.90 Å². The summed E-state index contributed by atoms with van der Waals surface area (Å²) < 4.78 is 11.6. The van der Waals surface area contributed by atoms with Crippen molar-refractivity contribution in [3.8, 4) is 0 Å². The third-order valence-electron chi connectivity index (χ3n) is 7.80. The molecule has 3 aliphatic heterocycles. The number of likely N-dealkylation sites (tertiary alicyclic amines) is 1. The number of nitrogens with zero attached hydrogens (tertiary/aromatic N) is 5. The first kappa shape index (κ1) is 27.5. The van der Waals surface area contributed by atoms with Crippen LogP contribution in [-0.4, -0.2) is 83.9 Å². The van der Waals surface area contributed by atoms with Crippen molar-refractivity contribution >= 4 is 35.1 Å². The van der Waals surface area contributed by atoms with E-state index in [2.05, 4.69) is 45.1 Å². The van der Waals surface area contributed by atoms with Gasteiger partial charge in [-0.2, -0.15) is 0 Å². The normalized spacial score (nSPS) is 19.3. The Morgan fingerprint density at radius 3 is 2.27 bits per heavy atom. The van der Waals surface area contributed by atoms with Crippen molar-refractivity contribution in [2.45, 2.75) is 36.1 Å². The molecule has 1 amide bonds. The number of hydrogen-bond acceptors (Lipinski definition) is 8. The van der Waals surface area contributed by atoms with Gasteiger partial charge in [-0.3, -0.25) is 9.69 Å². The molecule has 3 saturated heterocycles. The fourth-order valence-electron chi connectivity index (χ4n) is 5.50. The second-order valence-electron chi connectivity index (χ2n) is 10.5. The minimum atomic E-state index is -0.475. The molecular formula is C30H34ClN5O3S. The minimum Gasteiger partial charge on any atom is -0.354 e. The molecule has 0 unspecified atom stereocenters. The van der Waals surface area contributed by atoms with Crippen LogP contribution in [0.4, 0.5) is 5.82 Å². The number of hydrogen-bond donors (Lipinski definition) is 0. The number of thioether (sulfide) groups is 1. The van der Waals surface area contributed by atoms with Gasteiger partial charge in [-0.15, -0.1) is 0 Å². The number of rotatable bonds is 7. The second-order valence-corrected chi connectivity index (χ2v) is 11.8. The van der Waals surface area contributed by atoms with Crippen molar-refractivity contribution < 1.29 is 14.3 Å². The first-order valence-corrected chi connectivity index (χ1v) is 15.3. The topological polar surface area (TPSA) is 71.0 Å². The zero-order valence-electron chi connectivity index (χ0n) is 22.5. The molecule has 40 heavy (non-hydrogen) atoms. The number of amides is 1. The van der Waals surface area contributed by atoms with Gasteiger partial charge in [0.2, 0.25) is 0 Å². The maximum absolute atomic E-state index is 13.0. The lowest BCUT2D eigenvalue weighted by molar-refractivity contribution is -0.181. The zero-order valence-corrected chi connectivity index (χ0v) is 24.1. The molecule has 0 radical (unpaired) electrons. The Bertz CT molecular complexity index is 1290. The number of ether oxygens (including phenoxy) is 2. The minimum absolute atomic E-state index is 0.0544. The second kappa shape index (κ2) is 12.4. The van der Waals surface area contributed by atoms with Crippen LogP contribution in [0, 0.1) is 0 Å². The maximum atomic E-state index is 13.0. The van der Waals surface area contributed by atoms with Crippen LogP contribution in [0.2, 0.25) is 5.15 Å². The van der Waals surface area contributed by atoms with Crippen molar-refractivity contribution in [1.82, 2.24) is 19.8 Å². The van der Waals surface area contributed by atoms with E-state index in [9.17, 15) is 4.79 Å². The molecule has 1 spiro atoms. The van der Waals surface area contributed by atoms with Crippen molar-refractivity contribution in [2.75, 3.05) is 57.4 Å². The molecule has 4 heterocycles. The number of carbonyl (C=O) groups is 1. The molecule has 210 valence electrons. The Balaban J connectivity index is 1.00. The molecule has 0 bridgehead atoms. The lowest BCUT2D eigenvalue weighted by atomic mass is 10.0. The monoisotopic (exact) mass is 579 g/mol. The van der Waals surface area contributed by atoms with Gasteiger partial charge in [-0.25, -0.2) is 9.97 Å². The largest absolute Gasteiger partial charge is 0.354 e. The summed E-state index contributed by atoms with van der Waals surface area (Å²) in [5.74, 6) is 1.15. The molecule has 8 nitrogen and oxygen atoms in total. The van der Waals surface area contributed by atoms with Gasteiger partial charge in [0.05, 0.1) is 13.2 Å². The molecule has 3 aliphatic rings. The SMILES string of the molecule is O=C(c1ccc(CSc2nc(Cl)cc(N3CCN(Cc4ccccc4)CC3)n2)cc1)N1CCC2(CC1)OCCO2. The van der Waals surface area contributed by atoms with E-state index in [4.69, 9.17) is 26.1 Å². The number of piperidine rings is 1. The van der Waals surface area contributed by atoms with E-state index in [1.54, 1.807) is 11.8 Å². The van der Waals surface area contributed by atoms with Crippen molar-refractivity contribution in [1.29, 1.82) is 0 Å². The number of benzene rings is 2. The Morgan fingerprint density at radius 1 is 0.875 bits per heavy atom. The van der Waals surface area contributed by atoms with Gasteiger partial charge in [-0.05, 0) is 23.3 Å². The third kappa shape index (κ3) is 6.61. The Kier molecular flexibility index (Phi) is 8.55. The number of piperazine rings is 1. The van der Waals surface area contributed by atoms with Gasteiger partial charge in [0.1, 0.15) is 11.0 Å². The van der Waals surface area contributed by atoms with E-state index in [0.717, 1.165) is 56.9 Å². The molecular weight excluding hydrogens is 546 g/mol. The quantitative estimate of drug-likeness (QED) is 0.226. The first-order chi connectivity index (χ1) is 19.6. The van der Waals surface area contributed by atoms with E-state index >= 15 is 0 Å². The van der Waals surface area contributed by atoms with E-state index in [-0.39, 0.29) is 5.91 Å². The van der Waals surface area contributed by atoms with Crippen LogP contribution in [0.15, 0.2) is 65.8 Å². The summed E-state index contributed by atoms with van der Waals surface area (Å²) in [6.07, 6.45) is 1.44. The van der Waals surface area contributed by atoms with Gasteiger partial charge in [-0.1, -0.05) is 65.8 Å². The Labute approximate surface area is 244 Å². The van der Waals surface area contributed by atoms with Gasteiger partial charge in [0.25, 0.3) is 5.91 Å². The molecule has 3 aromatic rings. The fraction of sp³-hybridized carbons (Fsp3) is 0.433. The lowest BCUT2D eigenvalue weighted by Crippen LogP contribution is -2.47. The smallest absolute Gasteiger partial charge is 0.253 e. The average molecular weight is 580 g/mol. The molecule has 0 aliphatic carbocycles. The number of carbonyl (C=O) groups excluding carboxylic acids is 1. The van der Waals surface area contributed by atoms with Crippen LogP contribution in [-0.2, 0) is 21.8 Å². The molecule has 3 fully saturated rings. The van der Waals surface area contributed by atoms with Gasteiger partial charge in [0.15, 0.2) is 10.9 Å². The maximum Gasteiger partial charge on any atom is 0.253 e. The summed E-state index contributed by atoms with van der Waals surface area (Å²) in [4.78, 5) is 28.9. The zero-order chi connectivity index (χ0) is 27.4. The van der Waals surface area contributed by atoms with E-state index in [1.807, 2.05) is 35.2 Å². The van der Waals surface area contributed by atoms with Crippen LogP contribution in [0.1, 0.15) is 34.3 Å². The first-order valence-electron chi connectivity index (χ1n) is 13.9. The summed E-state index contributed by atoms with van der Waals surface area (Å²) in [5.41, 5.74) is 3.14. The summed E-state index contributed by atoms with van der Waals surface area (Å²) in [6, 6.07) is 20.3. The number of anilines is 1. The van der Waals surface area contributed by atoms with E-state index in [0.29, 0.717) is 47.9 Å². The van der Waals surface area contributed by atoms with Crippen molar-refractivity contribution in [2.24, 2.45) is 0 Å². The van der Waals surface area contributed by atoms with E-state index in [1.165, 1.54) is 5.56 Å². The Hall–Kier alpha value is -2.69. The predicted molar refractivity (Wildman–Crippen MR) is 157 cm³/mol. The van der Waals surface area contributed by atoms with Crippen LogP contribution in [0.3, 0.4) is 0 Å². The van der Waals surface area contributed by atoms with Crippen molar-refractivity contribution in [3.63, 3.8) is 0 Å². The van der Waals surface area contributed by atoms with Gasteiger partial charge >= 0.3 is 0 Å². The number of aromatic nitrogens is 2. The third-order valence-corrected chi connectivity index (χ3v) is 8.91. The highest BCUT2D eigenvalue weighted by molar-refractivity contribution is 7.98. The summed E-state index contributed by atoms with van der Waals surface area (Å²) >= 11 is 7.95. The highest BCUT2D eigenvalue weighted by Gasteiger charge is 2.40. The molecule has 0 atom stereocenters. The van der Waals surface area contributed by atoms with Crippen LogP contribution in [0.25, 0.3) is 0 Å². The Morgan fingerprint density at radius 2 is 1.57 bits per heavy atom. The van der Waals surface area contributed by atoms with Gasteiger partial charge in [0, 0.05) is 76.0 Å². The average Bonchev–Trinajstić information content (AvgIpc) is 3.45. The van der Waals surface area contributed by atoms with Crippen molar-refractivity contribution in [3.05, 3.63) is 82.5 Å². The van der Waals surface area contributed by atoms with Crippen LogP contribution >= 0.6 is 23.4 Å². The molecule has 1 aromatic heterocycles. The standard InChI is InChI=1S/C30H34ClN5O3S/c31-26-20-27(35-16-14-34(15-17-35)21-23-4-2-1-3-5-23)33-29(32-26)40-22-24-6-8-25(9-7-24)28(37)36-12-10-30(11-13-36)38-18-19-39-30/h1-9,20H,10-19,21-22H2. The summed E-state index contributed by atoms with van der Waals surface area (Å²) in [7, 11) is 0. The van der Waals surface area contributed by atoms with Gasteiger partial charge < -0.3 is 19.3 Å². The summed E-state index contributed by atoms with van der Waals surface area (Å²) in [5, 5.41) is 1.12. The summed E-state index contributed by atoms with van der Waals surface area (Å²) in [6.45, 7) is 7.29. The molecule has 0 N–H and O–H groups in total. The highest BCUT2D eigenvalue weighted by atomic mass is 35.5. The van der Waals surface area contributed by atoms with E-state index < -0.39 is 5.79 Å². The number of halogens is 1. The molecule has 2 aromatic carbocycles.